The predicted octanol–water partition coefficient (Wildman–Crippen LogP) is 14.8. The summed E-state index contributed by atoms with van der Waals surface area (Å²) in [7, 11) is 0. The second-order valence-corrected chi connectivity index (χ2v) is 15.9. The molecule has 0 radical (unpaired) electrons. The van der Waals surface area contributed by atoms with Crippen LogP contribution in [-0.2, 0) is 26.5 Å². The molecule has 1 aliphatic heterocycles. The zero-order chi connectivity index (χ0) is 50.5. The summed E-state index contributed by atoms with van der Waals surface area (Å²) in [5.74, 6) is 0.794. The number of pyridine rings is 1. The van der Waals surface area contributed by atoms with E-state index in [4.69, 9.17) is 18.7 Å². The van der Waals surface area contributed by atoms with Crippen molar-refractivity contribution in [2.24, 2.45) is 0 Å². The van der Waals surface area contributed by atoms with E-state index in [1.807, 2.05) is 78.4 Å². The number of para-hydroxylation sites is 4. The van der Waals surface area contributed by atoms with Crippen molar-refractivity contribution < 1.29 is 34.8 Å². The molecule has 11 rings (SSSR count). The van der Waals surface area contributed by atoms with E-state index >= 15 is 0 Å². The molecule has 10 aromatic rings. The smallest absolute Gasteiger partial charge is 0.135 e. The van der Waals surface area contributed by atoms with Crippen LogP contribution in [0.2, 0.25) is 0 Å². The van der Waals surface area contributed by atoms with Crippen LogP contribution in [0.3, 0.4) is 0 Å². The van der Waals surface area contributed by atoms with Gasteiger partial charge in [-0.25, -0.2) is 4.98 Å². The van der Waals surface area contributed by atoms with Crippen molar-refractivity contribution in [3.05, 3.63) is 236 Å². The van der Waals surface area contributed by atoms with Gasteiger partial charge >= 0.3 is 0 Å². The molecule has 0 bridgehead atoms. The topological polar surface area (TPSA) is 24.3 Å². The van der Waals surface area contributed by atoms with Crippen molar-refractivity contribution in [2.45, 2.75) is 26.2 Å². The summed E-state index contributed by atoms with van der Waals surface area (Å²) in [6.07, 6.45) is 1.82. The van der Waals surface area contributed by atoms with Gasteiger partial charge in [0.05, 0.1) is 13.7 Å². The fourth-order valence-corrected chi connectivity index (χ4v) is 8.56. The molecule has 0 unspecified atom stereocenters. The fraction of sp³-hybridized carbons (Fsp3) is 0.0690. The van der Waals surface area contributed by atoms with Crippen molar-refractivity contribution in [2.75, 3.05) is 9.80 Å². The number of aromatic nitrogens is 2. The first-order chi connectivity index (χ1) is 34.6. The van der Waals surface area contributed by atoms with Crippen molar-refractivity contribution in [3.8, 4) is 39.2 Å². The molecule has 0 saturated carbocycles. The molecule has 0 aliphatic carbocycles. The van der Waals surface area contributed by atoms with Gasteiger partial charge < -0.3 is 14.4 Å². The number of fused-ring (bicyclic) bond motifs is 4. The third kappa shape index (κ3) is 7.05. The van der Waals surface area contributed by atoms with E-state index in [0.717, 1.165) is 55.4 Å². The molecule has 0 saturated heterocycles. The Bertz CT molecular complexity index is 3730. The summed E-state index contributed by atoms with van der Waals surface area (Å²) in [6.45, 7) is 8.19. The van der Waals surface area contributed by atoms with Gasteiger partial charge in [0.1, 0.15) is 5.82 Å². The minimum Gasteiger partial charge on any atom is -0.493 e. The van der Waals surface area contributed by atoms with Gasteiger partial charge in [-0.1, -0.05) is 159 Å². The van der Waals surface area contributed by atoms with E-state index in [9.17, 15) is 0 Å². The molecule has 0 atom stereocenters. The molecule has 63 heavy (non-hydrogen) atoms. The molecular weight excluding hydrogens is 948 g/mol. The first-order valence-electron chi connectivity index (χ1n) is 25.4. The van der Waals surface area contributed by atoms with E-state index < -0.39 is 65.8 Å². The van der Waals surface area contributed by atoms with Crippen molar-refractivity contribution in [3.63, 3.8) is 0 Å². The minimum absolute atomic E-state index is 0. The Kier molecular flexibility index (Phi) is 7.82. The zero-order valence-electron chi connectivity index (χ0n) is 44.5. The summed E-state index contributed by atoms with van der Waals surface area (Å²) in [6, 6.07) is 45.9. The predicted molar refractivity (Wildman–Crippen MR) is 257 cm³/mol. The van der Waals surface area contributed by atoms with Gasteiger partial charge in [-0.15, -0.1) is 29.4 Å². The molecule has 4 nitrogen and oxygen atoms in total. The SMILES string of the molecule is [2H]c1c([2H])c([2H])c(-c2cccc(-c3c([2H])c([2H])c([2H])c([2H])c3[2H])c2N2[CH-]N(c3[c-]c(C(C)(C)c4[c-]c5c(cc4)c4ccccc4n5-c4cc(C)ccn4)cc(-c4ccccc4)c3)c3ccccc32)c([2H])c1[2H].[Pt]. The number of hydrogen-bond acceptors (Lipinski definition) is 3. The number of anilines is 4. The van der Waals surface area contributed by atoms with Crippen LogP contribution in [0.15, 0.2) is 200 Å². The number of aryl methyl sites for hydroxylation is 1. The van der Waals surface area contributed by atoms with Crippen molar-refractivity contribution >= 4 is 44.6 Å². The van der Waals surface area contributed by atoms with Gasteiger partial charge in [0, 0.05) is 61.0 Å². The molecule has 0 N–H and O–H groups in total. The van der Waals surface area contributed by atoms with Gasteiger partial charge in [-0.05, 0) is 70.3 Å². The maximum atomic E-state index is 9.13. The minimum atomic E-state index is -0.699. The number of rotatable bonds is 8. The number of nitrogens with zero attached hydrogens (tertiary/aromatic N) is 4. The van der Waals surface area contributed by atoms with Crippen LogP contribution < -0.4 is 9.80 Å². The van der Waals surface area contributed by atoms with E-state index in [1.165, 1.54) is 0 Å². The van der Waals surface area contributed by atoms with Crippen LogP contribution in [0.5, 0.6) is 0 Å². The molecule has 8 aromatic carbocycles. The van der Waals surface area contributed by atoms with Gasteiger partial charge in [0.15, 0.2) is 0 Å². The standard InChI is InChI=1S/C58H43N4.Pt/c1-40-32-33-59-56(34-40)62-52-27-14-13-24-50(52)51-31-30-45(38-55(51)62)58(2,3)46-35-44(41-18-7-4-8-19-41)36-47(37-46)60-39-61(54-29-16-15-28-53(54)60)57-48(42-20-9-5-10-21-42)25-17-26-49(57)43-22-11-6-12-23-43;/h4-36,39H,1-3H3;/q-3;/i5D,6D,9D,10D,11D,12D,20D,21D,22D,23D;. The van der Waals surface area contributed by atoms with Gasteiger partial charge in [0.2, 0.25) is 0 Å². The van der Waals surface area contributed by atoms with E-state index in [2.05, 4.69) is 92.1 Å². The van der Waals surface area contributed by atoms with Crippen LogP contribution in [0.1, 0.15) is 44.2 Å². The second kappa shape index (κ2) is 16.4. The third-order valence-electron chi connectivity index (χ3n) is 11.7. The molecule has 0 fully saturated rings. The molecular formula is C58H43N4Pt-3. The normalized spacial score (nSPS) is 14.7. The van der Waals surface area contributed by atoms with Crippen molar-refractivity contribution in [1.29, 1.82) is 0 Å². The summed E-state index contributed by atoms with van der Waals surface area (Å²) in [5.41, 5.74) is 8.33. The van der Waals surface area contributed by atoms with Crippen molar-refractivity contribution in [1.82, 2.24) is 9.55 Å². The average molecular weight is 1000 g/mol. The third-order valence-corrected chi connectivity index (χ3v) is 11.7. The number of benzene rings is 8. The largest absolute Gasteiger partial charge is 0.493 e. The van der Waals surface area contributed by atoms with Crippen LogP contribution in [0.25, 0.3) is 61.0 Å². The van der Waals surface area contributed by atoms with Crippen LogP contribution >= 0.6 is 0 Å². The quantitative estimate of drug-likeness (QED) is 0.142. The van der Waals surface area contributed by atoms with E-state index in [-0.39, 0.29) is 49.0 Å². The maximum Gasteiger partial charge on any atom is 0.135 e. The molecule has 308 valence electrons. The fourth-order valence-electron chi connectivity index (χ4n) is 8.56. The Balaban J connectivity index is 0.00000611. The summed E-state index contributed by atoms with van der Waals surface area (Å²) >= 11 is 0. The van der Waals surface area contributed by atoms with E-state index in [1.54, 1.807) is 23.1 Å². The van der Waals surface area contributed by atoms with Gasteiger partial charge in [-0.2, -0.15) is 41.5 Å². The van der Waals surface area contributed by atoms with Crippen LogP contribution in [0.4, 0.5) is 22.7 Å². The Morgan fingerprint density at radius 2 is 1.22 bits per heavy atom. The van der Waals surface area contributed by atoms with E-state index in [0.29, 0.717) is 17.1 Å². The summed E-state index contributed by atoms with van der Waals surface area (Å²) in [4.78, 5) is 8.58. The summed E-state index contributed by atoms with van der Waals surface area (Å²) in [5, 5.41) is 2.14. The first-order valence-corrected chi connectivity index (χ1v) is 20.4. The van der Waals surface area contributed by atoms with Gasteiger partial charge in [0.25, 0.3) is 0 Å². The molecule has 5 heteroatoms. The maximum absolute atomic E-state index is 9.13. The van der Waals surface area contributed by atoms with Crippen LogP contribution in [-0.4, -0.2) is 9.55 Å². The molecule has 0 spiro atoms. The first kappa shape index (κ1) is 30.1. The monoisotopic (exact) mass is 1000 g/mol. The van der Waals surface area contributed by atoms with Crippen LogP contribution in [0, 0.1) is 25.7 Å². The Hall–Kier alpha value is -7.00. The Labute approximate surface area is 398 Å². The molecule has 1 aliphatic rings. The Morgan fingerprint density at radius 3 is 1.92 bits per heavy atom. The molecule has 2 aromatic heterocycles. The second-order valence-electron chi connectivity index (χ2n) is 15.9. The average Bonchev–Trinajstić information content (AvgIpc) is 3.95. The molecule has 0 amide bonds. The molecule has 3 heterocycles. The summed E-state index contributed by atoms with van der Waals surface area (Å²) < 4.78 is 90.1. The zero-order valence-corrected chi connectivity index (χ0v) is 36.7. The Morgan fingerprint density at radius 1 is 0.571 bits per heavy atom. The van der Waals surface area contributed by atoms with Gasteiger partial charge in [-0.3, -0.25) is 0 Å². The number of hydrogen-bond donors (Lipinski definition) is 0.